The number of hydrogen-bond acceptors (Lipinski definition) is 6. The topological polar surface area (TPSA) is 91.4 Å². The predicted octanol–water partition coefficient (Wildman–Crippen LogP) is 4.37. The fraction of sp³-hybridized carbons (Fsp3) is 0.333. The molecule has 9 heteroatoms. The number of nitrogens with zero attached hydrogens (tertiary/aromatic N) is 2. The fourth-order valence-electron chi connectivity index (χ4n) is 3.74. The van der Waals surface area contributed by atoms with Gasteiger partial charge in [0.05, 0.1) is 23.0 Å². The van der Waals surface area contributed by atoms with Gasteiger partial charge in [0.25, 0.3) is 0 Å². The van der Waals surface area contributed by atoms with E-state index in [1.54, 1.807) is 16.2 Å². The Labute approximate surface area is 200 Å². The first-order valence-electron chi connectivity index (χ1n) is 10.8. The molecule has 0 bridgehead atoms. The molecule has 7 nitrogen and oxygen atoms in total. The lowest BCUT2D eigenvalue weighted by molar-refractivity contribution is -0.122. The molecular weight excluding hydrogens is 456 g/mol. The second-order valence-corrected chi connectivity index (χ2v) is 10.4. The van der Waals surface area contributed by atoms with Crippen molar-refractivity contribution >= 4 is 51.2 Å². The van der Waals surface area contributed by atoms with Gasteiger partial charge >= 0.3 is 0 Å². The maximum atomic E-state index is 12.9. The Hall–Kier alpha value is -3.04. The van der Waals surface area contributed by atoms with Crippen LogP contribution in [0.25, 0.3) is 10.6 Å². The summed E-state index contributed by atoms with van der Waals surface area (Å²) < 4.78 is 0. The average Bonchev–Trinajstić information content (AvgIpc) is 3.51. The van der Waals surface area contributed by atoms with Crippen LogP contribution in [-0.2, 0) is 27.3 Å². The van der Waals surface area contributed by atoms with E-state index in [1.807, 2.05) is 43.3 Å². The Morgan fingerprint density at radius 2 is 1.91 bits per heavy atom. The zero-order chi connectivity index (χ0) is 23.5. The van der Waals surface area contributed by atoms with Crippen LogP contribution in [0.1, 0.15) is 35.6 Å². The van der Waals surface area contributed by atoms with Crippen molar-refractivity contribution in [1.82, 2.24) is 10.3 Å². The first kappa shape index (κ1) is 23.1. The number of nitrogens with one attached hydrogen (secondary N) is 2. The average molecular weight is 483 g/mol. The zero-order valence-electron chi connectivity index (χ0n) is 18.8. The minimum atomic E-state index is -0.415. The standard InChI is InChI=1S/C24H26N4O3S2/c1-4-16-5-7-18(8-6-16)28-13-17(11-21(28)30)23(31)27-24-26-22(14(2)32-24)20-10-9-19(33-20)12-25-15(3)29/h5-10,17H,4,11-13H2,1-3H3,(H,25,29)(H,26,27,31). The Morgan fingerprint density at radius 3 is 2.61 bits per heavy atom. The van der Waals surface area contributed by atoms with Gasteiger partial charge in [0, 0.05) is 35.3 Å². The maximum Gasteiger partial charge on any atom is 0.231 e. The smallest absolute Gasteiger partial charge is 0.231 e. The van der Waals surface area contributed by atoms with Crippen molar-refractivity contribution in [2.45, 2.75) is 40.2 Å². The molecule has 3 aromatic rings. The number of carbonyl (C=O) groups is 3. The van der Waals surface area contributed by atoms with Gasteiger partial charge in [-0.15, -0.1) is 22.7 Å². The molecule has 4 rings (SSSR count). The molecule has 0 saturated carbocycles. The quantitative estimate of drug-likeness (QED) is 0.523. The summed E-state index contributed by atoms with van der Waals surface area (Å²) in [5.74, 6) is -0.710. The minimum Gasteiger partial charge on any atom is -0.351 e. The SMILES string of the molecule is CCc1ccc(N2CC(C(=O)Nc3nc(-c4ccc(CNC(C)=O)s4)c(C)s3)CC2=O)cc1. The van der Waals surface area contributed by atoms with Crippen LogP contribution in [0, 0.1) is 12.8 Å². The molecule has 1 saturated heterocycles. The number of hydrogen-bond donors (Lipinski definition) is 2. The number of aryl methyl sites for hydroxylation is 2. The van der Waals surface area contributed by atoms with Crippen molar-refractivity contribution in [3.8, 4) is 10.6 Å². The molecule has 0 radical (unpaired) electrons. The van der Waals surface area contributed by atoms with Gasteiger partial charge in [-0.3, -0.25) is 14.4 Å². The molecule has 3 heterocycles. The predicted molar refractivity (Wildman–Crippen MR) is 133 cm³/mol. The van der Waals surface area contributed by atoms with Gasteiger partial charge in [-0.05, 0) is 43.2 Å². The lowest BCUT2D eigenvalue weighted by atomic mass is 10.1. The number of amides is 3. The lowest BCUT2D eigenvalue weighted by Gasteiger charge is -2.17. The minimum absolute atomic E-state index is 0.0410. The summed E-state index contributed by atoms with van der Waals surface area (Å²) in [6, 6.07) is 11.9. The highest BCUT2D eigenvalue weighted by atomic mass is 32.1. The molecule has 2 aromatic heterocycles. The van der Waals surface area contributed by atoms with Crippen LogP contribution in [0.3, 0.4) is 0 Å². The van der Waals surface area contributed by atoms with Gasteiger partial charge in [-0.25, -0.2) is 4.98 Å². The van der Waals surface area contributed by atoms with E-state index in [0.717, 1.165) is 32.4 Å². The molecule has 1 unspecified atom stereocenters. The van der Waals surface area contributed by atoms with Gasteiger partial charge in [0.15, 0.2) is 5.13 Å². The largest absolute Gasteiger partial charge is 0.351 e. The van der Waals surface area contributed by atoms with Gasteiger partial charge in [0.2, 0.25) is 17.7 Å². The van der Waals surface area contributed by atoms with E-state index < -0.39 is 5.92 Å². The zero-order valence-corrected chi connectivity index (χ0v) is 20.4. The normalized spacial score (nSPS) is 15.7. The highest BCUT2D eigenvalue weighted by molar-refractivity contribution is 7.18. The van der Waals surface area contributed by atoms with E-state index in [4.69, 9.17) is 0 Å². The summed E-state index contributed by atoms with van der Waals surface area (Å²) in [4.78, 5) is 45.9. The summed E-state index contributed by atoms with van der Waals surface area (Å²) in [5, 5.41) is 6.23. The molecular formula is C24H26N4O3S2. The molecule has 1 atom stereocenters. The van der Waals surface area contributed by atoms with E-state index >= 15 is 0 Å². The summed E-state index contributed by atoms with van der Waals surface area (Å²) in [6.07, 6.45) is 1.13. The van der Waals surface area contributed by atoms with Gasteiger partial charge < -0.3 is 15.5 Å². The van der Waals surface area contributed by atoms with E-state index in [1.165, 1.54) is 23.8 Å². The molecule has 0 spiro atoms. The van der Waals surface area contributed by atoms with Gasteiger partial charge in [0.1, 0.15) is 0 Å². The van der Waals surface area contributed by atoms with Gasteiger partial charge in [-0.2, -0.15) is 0 Å². The number of benzene rings is 1. The Balaban J connectivity index is 1.41. The van der Waals surface area contributed by atoms with E-state index in [0.29, 0.717) is 18.2 Å². The second kappa shape index (κ2) is 9.84. The van der Waals surface area contributed by atoms with Gasteiger partial charge in [-0.1, -0.05) is 19.1 Å². The van der Waals surface area contributed by atoms with Crippen molar-refractivity contribution in [2.75, 3.05) is 16.8 Å². The molecule has 2 N–H and O–H groups in total. The first-order valence-corrected chi connectivity index (χ1v) is 12.5. The van der Waals surface area contributed by atoms with Crippen molar-refractivity contribution in [2.24, 2.45) is 5.92 Å². The Bertz CT molecular complexity index is 1180. The van der Waals surface area contributed by atoms with Crippen molar-refractivity contribution in [1.29, 1.82) is 0 Å². The van der Waals surface area contributed by atoms with Crippen LogP contribution in [0.5, 0.6) is 0 Å². The molecule has 33 heavy (non-hydrogen) atoms. The molecule has 0 aliphatic carbocycles. The number of thiazole rings is 1. The van der Waals surface area contributed by atoms with Crippen LogP contribution in [0.4, 0.5) is 10.8 Å². The molecule has 172 valence electrons. The monoisotopic (exact) mass is 482 g/mol. The van der Waals surface area contributed by atoms with Crippen LogP contribution in [-0.4, -0.2) is 29.3 Å². The number of thiophene rings is 1. The van der Waals surface area contributed by atoms with Crippen molar-refractivity contribution in [3.63, 3.8) is 0 Å². The second-order valence-electron chi connectivity index (χ2n) is 8.01. The van der Waals surface area contributed by atoms with Crippen molar-refractivity contribution < 1.29 is 14.4 Å². The maximum absolute atomic E-state index is 12.9. The first-order chi connectivity index (χ1) is 15.8. The van der Waals surface area contributed by atoms with Crippen LogP contribution in [0.2, 0.25) is 0 Å². The molecule has 1 aliphatic rings. The Kier molecular flexibility index (Phi) is 6.90. The highest BCUT2D eigenvalue weighted by Crippen LogP contribution is 2.35. The number of carbonyl (C=O) groups excluding carboxylic acids is 3. The summed E-state index contributed by atoms with van der Waals surface area (Å²) >= 11 is 2.99. The van der Waals surface area contributed by atoms with E-state index in [-0.39, 0.29) is 24.1 Å². The van der Waals surface area contributed by atoms with Crippen LogP contribution >= 0.6 is 22.7 Å². The van der Waals surface area contributed by atoms with E-state index in [9.17, 15) is 14.4 Å². The van der Waals surface area contributed by atoms with Crippen LogP contribution in [0.15, 0.2) is 36.4 Å². The molecule has 1 fully saturated rings. The molecule has 1 aromatic carbocycles. The third kappa shape index (κ3) is 5.31. The molecule has 3 amide bonds. The lowest BCUT2D eigenvalue weighted by Crippen LogP contribution is -2.28. The number of rotatable bonds is 7. The molecule has 1 aliphatic heterocycles. The Morgan fingerprint density at radius 1 is 1.15 bits per heavy atom. The summed E-state index contributed by atoms with van der Waals surface area (Å²) in [7, 11) is 0. The fourth-order valence-corrected chi connectivity index (χ4v) is 5.63. The third-order valence-electron chi connectivity index (χ3n) is 5.59. The third-order valence-corrected chi connectivity index (χ3v) is 7.56. The number of anilines is 2. The highest BCUT2D eigenvalue weighted by Gasteiger charge is 2.35. The summed E-state index contributed by atoms with van der Waals surface area (Å²) in [6.45, 7) is 6.40. The van der Waals surface area contributed by atoms with E-state index in [2.05, 4.69) is 22.5 Å². The van der Waals surface area contributed by atoms with Crippen LogP contribution < -0.4 is 15.5 Å². The summed E-state index contributed by atoms with van der Waals surface area (Å²) in [5.41, 5.74) is 2.87. The van der Waals surface area contributed by atoms with Crippen molar-refractivity contribution in [3.05, 3.63) is 51.7 Å². The number of aromatic nitrogens is 1.